The number of aliphatic hydroxyl groups is 1. The Morgan fingerprint density at radius 3 is 2.22 bits per heavy atom. The molecule has 0 heterocycles. The van der Waals surface area contributed by atoms with E-state index in [0.717, 1.165) is 15.6 Å². The highest BCUT2D eigenvalue weighted by molar-refractivity contribution is 9.10. The molecule has 0 saturated carbocycles. The predicted octanol–water partition coefficient (Wildman–Crippen LogP) is 4.29. The maximum Gasteiger partial charge on any atom is 0.129 e. The van der Waals surface area contributed by atoms with Gasteiger partial charge in [-0.25, -0.2) is 4.39 Å². The van der Waals surface area contributed by atoms with Gasteiger partial charge in [-0.05, 0) is 31.5 Å². The Kier molecular flexibility index (Phi) is 3.83. The average molecular weight is 309 g/mol. The van der Waals surface area contributed by atoms with Crippen LogP contribution in [0.3, 0.4) is 0 Å². The van der Waals surface area contributed by atoms with Crippen LogP contribution in [0.5, 0.6) is 0 Å². The van der Waals surface area contributed by atoms with Crippen molar-refractivity contribution in [3.63, 3.8) is 0 Å². The molecule has 0 spiro atoms. The molecule has 0 aliphatic rings. The molecule has 0 aliphatic heterocycles. The number of hydrogen-bond acceptors (Lipinski definition) is 1. The topological polar surface area (TPSA) is 20.2 Å². The molecule has 0 fully saturated rings. The quantitative estimate of drug-likeness (QED) is 0.877. The third-order valence-electron chi connectivity index (χ3n) is 2.89. The van der Waals surface area contributed by atoms with Crippen LogP contribution in [0.15, 0.2) is 40.9 Å². The minimum absolute atomic E-state index is 0.307. The van der Waals surface area contributed by atoms with E-state index in [-0.39, 0.29) is 5.82 Å². The summed E-state index contributed by atoms with van der Waals surface area (Å²) in [6.07, 6.45) is -0.959. The molecular formula is C15H14BrFO. The van der Waals surface area contributed by atoms with Crippen molar-refractivity contribution < 1.29 is 9.50 Å². The molecule has 0 radical (unpaired) electrons. The van der Waals surface area contributed by atoms with E-state index in [4.69, 9.17) is 0 Å². The first-order valence-electron chi connectivity index (χ1n) is 5.69. The number of halogens is 2. The van der Waals surface area contributed by atoms with E-state index in [2.05, 4.69) is 15.9 Å². The van der Waals surface area contributed by atoms with Crippen LogP contribution < -0.4 is 0 Å². The second-order valence-corrected chi connectivity index (χ2v) is 5.31. The first-order chi connectivity index (χ1) is 8.49. The summed E-state index contributed by atoms with van der Waals surface area (Å²) < 4.78 is 14.5. The number of aliphatic hydroxyl groups excluding tert-OH is 1. The van der Waals surface area contributed by atoms with E-state index in [9.17, 15) is 9.50 Å². The molecule has 3 heteroatoms. The molecule has 0 amide bonds. The Bertz CT molecular complexity index is 529. The Hall–Kier alpha value is -1.19. The van der Waals surface area contributed by atoms with Gasteiger partial charge in [0.25, 0.3) is 0 Å². The van der Waals surface area contributed by atoms with Gasteiger partial charge in [-0.1, -0.05) is 51.3 Å². The van der Waals surface area contributed by atoms with Gasteiger partial charge in [-0.3, -0.25) is 0 Å². The standard InChI is InChI=1S/C15H14BrFO/c1-9-3-5-13(16)11(7-9)15(18)12-8-10(2)4-6-14(12)17/h3-8,15,18H,1-2H3. The van der Waals surface area contributed by atoms with E-state index >= 15 is 0 Å². The van der Waals surface area contributed by atoms with Crippen molar-refractivity contribution in [3.8, 4) is 0 Å². The fourth-order valence-electron chi connectivity index (χ4n) is 1.91. The van der Waals surface area contributed by atoms with Gasteiger partial charge in [0.15, 0.2) is 0 Å². The van der Waals surface area contributed by atoms with Gasteiger partial charge in [0.2, 0.25) is 0 Å². The van der Waals surface area contributed by atoms with E-state index < -0.39 is 6.10 Å². The van der Waals surface area contributed by atoms with Crippen LogP contribution in [-0.2, 0) is 0 Å². The summed E-state index contributed by atoms with van der Waals surface area (Å²) in [5, 5.41) is 10.3. The summed E-state index contributed by atoms with van der Waals surface area (Å²) >= 11 is 3.39. The minimum atomic E-state index is -0.959. The van der Waals surface area contributed by atoms with Gasteiger partial charge in [-0.2, -0.15) is 0 Å². The normalized spacial score (nSPS) is 12.5. The second-order valence-electron chi connectivity index (χ2n) is 4.45. The third-order valence-corrected chi connectivity index (χ3v) is 3.61. The lowest BCUT2D eigenvalue weighted by molar-refractivity contribution is 0.214. The molecule has 2 rings (SSSR count). The molecule has 0 bridgehead atoms. The minimum Gasteiger partial charge on any atom is -0.384 e. The van der Waals surface area contributed by atoms with E-state index in [1.807, 2.05) is 32.0 Å². The van der Waals surface area contributed by atoms with Crippen LogP contribution in [-0.4, -0.2) is 5.11 Å². The molecule has 1 N–H and O–H groups in total. The fourth-order valence-corrected chi connectivity index (χ4v) is 2.38. The summed E-state index contributed by atoms with van der Waals surface area (Å²) in [5.41, 5.74) is 2.94. The Morgan fingerprint density at radius 1 is 1.00 bits per heavy atom. The molecule has 1 nitrogen and oxygen atoms in total. The Morgan fingerprint density at radius 2 is 1.56 bits per heavy atom. The van der Waals surface area contributed by atoms with E-state index in [1.54, 1.807) is 12.1 Å². The lowest BCUT2D eigenvalue weighted by atomic mass is 9.98. The molecule has 0 aliphatic carbocycles. The number of aryl methyl sites for hydroxylation is 2. The van der Waals surface area contributed by atoms with Crippen LogP contribution >= 0.6 is 15.9 Å². The molecule has 0 aromatic heterocycles. The van der Waals surface area contributed by atoms with Gasteiger partial charge in [0, 0.05) is 10.0 Å². The highest BCUT2D eigenvalue weighted by Crippen LogP contribution is 2.31. The summed E-state index contributed by atoms with van der Waals surface area (Å²) in [7, 11) is 0. The van der Waals surface area contributed by atoms with Crippen molar-refractivity contribution >= 4 is 15.9 Å². The number of benzene rings is 2. The molecular weight excluding hydrogens is 295 g/mol. The maximum atomic E-state index is 13.8. The Balaban J connectivity index is 2.50. The van der Waals surface area contributed by atoms with Crippen molar-refractivity contribution in [1.82, 2.24) is 0 Å². The van der Waals surface area contributed by atoms with Crippen LogP contribution in [0.2, 0.25) is 0 Å². The average Bonchev–Trinajstić information content (AvgIpc) is 2.34. The van der Waals surface area contributed by atoms with Crippen LogP contribution in [0.1, 0.15) is 28.4 Å². The third kappa shape index (κ3) is 2.62. The molecule has 18 heavy (non-hydrogen) atoms. The highest BCUT2D eigenvalue weighted by atomic mass is 79.9. The summed E-state index contributed by atoms with van der Waals surface area (Å²) in [4.78, 5) is 0. The molecule has 2 aromatic rings. The first-order valence-corrected chi connectivity index (χ1v) is 6.48. The zero-order valence-corrected chi connectivity index (χ0v) is 11.8. The highest BCUT2D eigenvalue weighted by Gasteiger charge is 2.17. The van der Waals surface area contributed by atoms with Crippen LogP contribution in [0.4, 0.5) is 4.39 Å². The smallest absolute Gasteiger partial charge is 0.129 e. The van der Waals surface area contributed by atoms with Gasteiger partial charge in [-0.15, -0.1) is 0 Å². The van der Waals surface area contributed by atoms with Crippen LogP contribution in [0, 0.1) is 19.7 Å². The largest absolute Gasteiger partial charge is 0.384 e. The van der Waals surface area contributed by atoms with Crippen molar-refractivity contribution in [2.75, 3.05) is 0 Å². The van der Waals surface area contributed by atoms with E-state index in [0.29, 0.717) is 11.1 Å². The van der Waals surface area contributed by atoms with Crippen molar-refractivity contribution in [2.45, 2.75) is 20.0 Å². The molecule has 2 aromatic carbocycles. The fraction of sp³-hybridized carbons (Fsp3) is 0.200. The summed E-state index contributed by atoms with van der Waals surface area (Å²) in [6.45, 7) is 3.82. The zero-order chi connectivity index (χ0) is 13.3. The monoisotopic (exact) mass is 308 g/mol. The zero-order valence-electron chi connectivity index (χ0n) is 10.2. The lowest BCUT2D eigenvalue weighted by Crippen LogP contribution is -2.04. The van der Waals surface area contributed by atoms with Crippen molar-refractivity contribution in [2.24, 2.45) is 0 Å². The molecule has 94 valence electrons. The summed E-state index contributed by atoms with van der Waals surface area (Å²) in [5.74, 6) is -0.387. The first kappa shape index (κ1) is 13.2. The van der Waals surface area contributed by atoms with Crippen LogP contribution in [0.25, 0.3) is 0 Å². The second kappa shape index (κ2) is 5.21. The van der Waals surface area contributed by atoms with Gasteiger partial charge >= 0.3 is 0 Å². The lowest BCUT2D eigenvalue weighted by Gasteiger charge is -2.15. The maximum absolute atomic E-state index is 13.8. The SMILES string of the molecule is Cc1ccc(F)c(C(O)c2cc(C)ccc2Br)c1. The van der Waals surface area contributed by atoms with Crippen molar-refractivity contribution in [1.29, 1.82) is 0 Å². The van der Waals surface area contributed by atoms with Crippen molar-refractivity contribution in [3.05, 3.63) is 68.9 Å². The summed E-state index contributed by atoms with van der Waals surface area (Å²) in [6, 6.07) is 10.4. The molecule has 1 atom stereocenters. The van der Waals surface area contributed by atoms with Gasteiger partial charge in [0.05, 0.1) is 0 Å². The molecule has 1 unspecified atom stereocenters. The predicted molar refractivity (Wildman–Crippen MR) is 74.1 cm³/mol. The van der Waals surface area contributed by atoms with Gasteiger partial charge < -0.3 is 5.11 Å². The van der Waals surface area contributed by atoms with Gasteiger partial charge in [0.1, 0.15) is 11.9 Å². The Labute approximate surface area is 114 Å². The number of rotatable bonds is 2. The number of hydrogen-bond donors (Lipinski definition) is 1. The molecule has 0 saturated heterocycles. The van der Waals surface area contributed by atoms with E-state index in [1.165, 1.54) is 6.07 Å².